The Balaban J connectivity index is 2.09. The molecule has 0 fully saturated rings. The van der Waals surface area contributed by atoms with Crippen LogP contribution in [0, 0.1) is 0 Å². The molecule has 0 radical (unpaired) electrons. The molecule has 0 N–H and O–H groups in total. The van der Waals surface area contributed by atoms with Crippen LogP contribution >= 0.6 is 31.9 Å². The average molecular weight is 486 g/mol. The predicted octanol–water partition coefficient (Wildman–Crippen LogP) is 6.67. The molecule has 0 aliphatic rings. The van der Waals surface area contributed by atoms with Crippen molar-refractivity contribution < 1.29 is 18.9 Å². The van der Waals surface area contributed by atoms with Gasteiger partial charge in [-0.1, -0.05) is 0 Å². The fourth-order valence-corrected chi connectivity index (χ4v) is 2.39. The van der Waals surface area contributed by atoms with E-state index in [1.807, 2.05) is 69.3 Å². The number of hydrogen-bond donors (Lipinski definition) is 0. The molecule has 0 heterocycles. The van der Waals surface area contributed by atoms with Crippen molar-refractivity contribution in [2.24, 2.45) is 0 Å². The maximum Gasteiger partial charge on any atom is 0.164 e. The first-order chi connectivity index (χ1) is 12.5. The molecule has 140 valence electrons. The monoisotopic (exact) mass is 484 g/mol. The highest BCUT2D eigenvalue weighted by Crippen LogP contribution is 2.34. The number of rotatable bonds is 9. The van der Waals surface area contributed by atoms with E-state index in [1.54, 1.807) is 0 Å². The molecule has 0 saturated carbocycles. The Kier molecular flexibility index (Phi) is 8.32. The van der Waals surface area contributed by atoms with Crippen molar-refractivity contribution in [3.8, 4) is 28.7 Å². The molecular formula is C20H22Br2O4. The summed E-state index contributed by atoms with van der Waals surface area (Å²) < 4.78 is 23.8. The van der Waals surface area contributed by atoms with Crippen LogP contribution in [0.4, 0.5) is 0 Å². The molecule has 0 aromatic heterocycles. The van der Waals surface area contributed by atoms with Gasteiger partial charge in [-0.2, -0.15) is 0 Å². The van der Waals surface area contributed by atoms with Crippen molar-refractivity contribution in [3.05, 3.63) is 51.9 Å². The first-order valence-corrected chi connectivity index (χ1v) is 9.92. The van der Waals surface area contributed by atoms with Crippen LogP contribution < -0.4 is 18.9 Å². The van der Waals surface area contributed by atoms with Crippen LogP contribution in [0.25, 0.3) is 0 Å². The summed E-state index contributed by atoms with van der Waals surface area (Å²) in [4.78, 5) is 0. The van der Waals surface area contributed by atoms with Gasteiger partial charge in [0.25, 0.3) is 0 Å². The van der Waals surface area contributed by atoms with Gasteiger partial charge in [0.05, 0.1) is 16.1 Å². The molecule has 4 nitrogen and oxygen atoms in total. The second kappa shape index (κ2) is 10.5. The third kappa shape index (κ3) is 6.92. The minimum absolute atomic E-state index is 0.142. The fourth-order valence-electron chi connectivity index (χ4n) is 2.13. The molecule has 2 rings (SSSR count). The lowest BCUT2D eigenvalue weighted by atomic mass is 10.3. The molecule has 6 heteroatoms. The first-order valence-electron chi connectivity index (χ1n) is 8.33. The van der Waals surface area contributed by atoms with Gasteiger partial charge in [0.2, 0.25) is 0 Å². The number of halogens is 2. The zero-order valence-electron chi connectivity index (χ0n) is 15.0. The minimum Gasteiger partial charge on any atom is -0.491 e. The molecule has 2 aromatic rings. The molecule has 0 amide bonds. The van der Waals surface area contributed by atoms with Crippen LogP contribution in [0.15, 0.2) is 51.9 Å². The van der Waals surface area contributed by atoms with E-state index >= 15 is 0 Å². The first kappa shape index (κ1) is 20.6. The molecule has 0 unspecified atom stereocenters. The smallest absolute Gasteiger partial charge is 0.164 e. The van der Waals surface area contributed by atoms with Crippen molar-refractivity contribution in [1.29, 1.82) is 0 Å². The number of hydrogen-bond acceptors (Lipinski definition) is 4. The predicted molar refractivity (Wildman–Crippen MR) is 111 cm³/mol. The maximum absolute atomic E-state index is 5.90. The lowest BCUT2D eigenvalue weighted by molar-refractivity contribution is 0.242. The molecule has 0 aliphatic carbocycles. The van der Waals surface area contributed by atoms with Crippen LogP contribution in [-0.2, 0) is 0 Å². The van der Waals surface area contributed by atoms with Crippen molar-refractivity contribution in [1.82, 2.24) is 0 Å². The van der Waals surface area contributed by atoms with E-state index in [4.69, 9.17) is 18.9 Å². The molecule has 0 aliphatic heterocycles. The van der Waals surface area contributed by atoms with Crippen molar-refractivity contribution in [2.75, 3.05) is 13.2 Å². The van der Waals surface area contributed by atoms with Gasteiger partial charge in [-0.3, -0.25) is 0 Å². The maximum atomic E-state index is 5.90. The fraction of sp³-hybridized carbons (Fsp3) is 0.300. The van der Waals surface area contributed by atoms with Crippen molar-refractivity contribution in [2.45, 2.75) is 26.9 Å². The standard InChI is InChI=1S/C20H22Br2O4/c1-4-23-19-13-17(9-10-18(19)24-12-11-20(21)22)26-16-7-5-15(6-8-16)25-14(2)3/h5-11,13-14H,4,12H2,1-3H3. The summed E-state index contributed by atoms with van der Waals surface area (Å²) in [6.45, 7) is 6.88. The Morgan fingerprint density at radius 1 is 0.923 bits per heavy atom. The quantitative estimate of drug-likeness (QED) is 0.397. The van der Waals surface area contributed by atoms with E-state index < -0.39 is 0 Å². The SMILES string of the molecule is CCOc1cc(Oc2ccc(OC(C)C)cc2)ccc1OCC=C(Br)Br. The van der Waals surface area contributed by atoms with Crippen LogP contribution in [0.5, 0.6) is 28.7 Å². The van der Waals surface area contributed by atoms with Crippen LogP contribution in [-0.4, -0.2) is 19.3 Å². The average Bonchev–Trinajstić information content (AvgIpc) is 2.58. The van der Waals surface area contributed by atoms with E-state index in [0.29, 0.717) is 30.5 Å². The summed E-state index contributed by atoms with van der Waals surface area (Å²) in [5, 5.41) is 0. The highest BCUT2D eigenvalue weighted by Gasteiger charge is 2.08. The molecule has 0 bridgehead atoms. The Bertz CT molecular complexity index is 723. The molecular weight excluding hydrogens is 464 g/mol. The van der Waals surface area contributed by atoms with E-state index in [2.05, 4.69) is 31.9 Å². The lowest BCUT2D eigenvalue weighted by Crippen LogP contribution is -2.05. The van der Waals surface area contributed by atoms with Gasteiger partial charge in [-0.05, 0) is 95.1 Å². The Hall–Kier alpha value is -1.66. The Morgan fingerprint density at radius 3 is 2.19 bits per heavy atom. The number of benzene rings is 2. The van der Waals surface area contributed by atoms with Gasteiger partial charge in [0.15, 0.2) is 11.5 Å². The zero-order valence-corrected chi connectivity index (χ0v) is 18.2. The van der Waals surface area contributed by atoms with Gasteiger partial charge in [-0.15, -0.1) is 0 Å². The summed E-state index contributed by atoms with van der Waals surface area (Å²) >= 11 is 6.60. The topological polar surface area (TPSA) is 36.9 Å². The second-order valence-electron chi connectivity index (χ2n) is 5.59. The summed E-state index contributed by atoms with van der Waals surface area (Å²) in [6, 6.07) is 13.0. The summed E-state index contributed by atoms with van der Waals surface area (Å²) in [5.74, 6) is 3.53. The minimum atomic E-state index is 0.142. The Morgan fingerprint density at radius 2 is 1.58 bits per heavy atom. The molecule has 26 heavy (non-hydrogen) atoms. The van der Waals surface area contributed by atoms with Crippen LogP contribution in [0.3, 0.4) is 0 Å². The highest BCUT2D eigenvalue weighted by atomic mass is 79.9. The van der Waals surface area contributed by atoms with Gasteiger partial charge < -0.3 is 18.9 Å². The summed E-state index contributed by atoms with van der Waals surface area (Å²) in [6.07, 6.45) is 2.00. The summed E-state index contributed by atoms with van der Waals surface area (Å²) in [5.41, 5.74) is 0. The highest BCUT2D eigenvalue weighted by molar-refractivity contribution is 9.28. The lowest BCUT2D eigenvalue weighted by Gasteiger charge is -2.14. The molecule has 2 aromatic carbocycles. The van der Waals surface area contributed by atoms with E-state index in [-0.39, 0.29) is 6.10 Å². The van der Waals surface area contributed by atoms with Gasteiger partial charge >= 0.3 is 0 Å². The van der Waals surface area contributed by atoms with Crippen LogP contribution in [0.2, 0.25) is 0 Å². The summed E-state index contributed by atoms with van der Waals surface area (Å²) in [7, 11) is 0. The largest absolute Gasteiger partial charge is 0.491 e. The number of ether oxygens (including phenoxy) is 4. The Labute approximate surface area is 171 Å². The molecule has 0 atom stereocenters. The van der Waals surface area contributed by atoms with Crippen LogP contribution in [0.1, 0.15) is 20.8 Å². The van der Waals surface area contributed by atoms with E-state index in [9.17, 15) is 0 Å². The second-order valence-corrected chi connectivity index (χ2v) is 8.36. The molecule has 0 spiro atoms. The third-order valence-electron chi connectivity index (χ3n) is 3.12. The van der Waals surface area contributed by atoms with E-state index in [0.717, 1.165) is 14.9 Å². The third-order valence-corrected chi connectivity index (χ3v) is 3.77. The zero-order chi connectivity index (χ0) is 18.9. The van der Waals surface area contributed by atoms with Gasteiger partial charge in [0.1, 0.15) is 23.9 Å². The van der Waals surface area contributed by atoms with Crippen molar-refractivity contribution >= 4 is 31.9 Å². The van der Waals surface area contributed by atoms with E-state index in [1.165, 1.54) is 0 Å². The van der Waals surface area contributed by atoms with Gasteiger partial charge in [0, 0.05) is 6.07 Å². The van der Waals surface area contributed by atoms with Gasteiger partial charge in [-0.25, -0.2) is 0 Å². The normalized spacial score (nSPS) is 10.4. The van der Waals surface area contributed by atoms with Crippen molar-refractivity contribution in [3.63, 3.8) is 0 Å². The molecule has 0 saturated heterocycles.